The fourth-order valence-electron chi connectivity index (χ4n) is 2.35. The molecule has 1 aliphatic heterocycles. The number of benzene rings is 1. The van der Waals surface area contributed by atoms with Gasteiger partial charge in [-0.05, 0) is 24.6 Å². The van der Waals surface area contributed by atoms with E-state index in [1.165, 1.54) is 12.1 Å². The molecule has 1 aromatic carbocycles. The maximum atomic E-state index is 13.0. The summed E-state index contributed by atoms with van der Waals surface area (Å²) in [5.41, 5.74) is -0.481. The molecule has 1 aliphatic rings. The van der Waals surface area contributed by atoms with Crippen molar-refractivity contribution in [1.29, 1.82) is 0 Å². The summed E-state index contributed by atoms with van der Waals surface area (Å²) in [6.45, 7) is 4.20. The number of carbonyl (C=O) groups is 1. The summed E-state index contributed by atoms with van der Waals surface area (Å²) in [6.07, 6.45) is -2.60. The Morgan fingerprint density at radius 2 is 2.10 bits per heavy atom. The van der Waals surface area contributed by atoms with Crippen LogP contribution in [0.2, 0.25) is 0 Å². The normalized spacial score (nSPS) is 18.9. The Morgan fingerprint density at radius 1 is 1.40 bits per heavy atom. The number of rotatable bonds is 3. The highest BCUT2D eigenvalue weighted by atomic mass is 19.4. The van der Waals surface area contributed by atoms with Crippen molar-refractivity contribution < 1.29 is 18.0 Å². The van der Waals surface area contributed by atoms with Crippen LogP contribution in [0.15, 0.2) is 36.9 Å². The Kier molecular flexibility index (Phi) is 4.01. The number of amides is 1. The molecule has 0 aromatic heterocycles. The lowest BCUT2D eigenvalue weighted by atomic mass is 10.1. The number of nitrogens with one attached hydrogen (secondary N) is 1. The molecule has 1 saturated heterocycles. The first-order valence-electron chi connectivity index (χ1n) is 6.26. The molecule has 2 rings (SSSR count). The summed E-state index contributed by atoms with van der Waals surface area (Å²) in [4.78, 5) is 12.9. The van der Waals surface area contributed by atoms with Crippen LogP contribution < -0.4 is 10.2 Å². The summed E-state index contributed by atoms with van der Waals surface area (Å²) < 4.78 is 38.9. The number of hydrogen-bond acceptors (Lipinski definition) is 2. The lowest BCUT2D eigenvalue weighted by Crippen LogP contribution is -2.36. The minimum atomic E-state index is -4.38. The largest absolute Gasteiger partial charge is 0.418 e. The summed E-state index contributed by atoms with van der Waals surface area (Å²) in [5, 5.41) is 2.71. The molecule has 20 heavy (non-hydrogen) atoms. The van der Waals surface area contributed by atoms with Gasteiger partial charge in [-0.25, -0.2) is 0 Å². The monoisotopic (exact) mass is 284 g/mol. The van der Waals surface area contributed by atoms with Crippen LogP contribution in [-0.4, -0.2) is 25.0 Å². The number of hydrogen-bond donors (Lipinski definition) is 1. The molecule has 0 spiro atoms. The van der Waals surface area contributed by atoms with Crippen LogP contribution in [0.4, 0.5) is 18.9 Å². The molecule has 6 heteroatoms. The van der Waals surface area contributed by atoms with E-state index in [2.05, 4.69) is 11.9 Å². The molecular formula is C14H15F3N2O. The second kappa shape index (κ2) is 5.56. The Labute approximate surface area is 115 Å². The Balaban J connectivity index is 2.14. The molecule has 0 radical (unpaired) electrons. The van der Waals surface area contributed by atoms with Gasteiger partial charge in [-0.15, -0.1) is 0 Å². The van der Waals surface area contributed by atoms with Crippen LogP contribution in [0.1, 0.15) is 12.0 Å². The second-order valence-corrected chi connectivity index (χ2v) is 4.66. The molecular weight excluding hydrogens is 269 g/mol. The van der Waals surface area contributed by atoms with E-state index in [1.807, 2.05) is 0 Å². The number of halogens is 3. The van der Waals surface area contributed by atoms with Crippen LogP contribution in [-0.2, 0) is 11.0 Å². The topological polar surface area (TPSA) is 32.3 Å². The number of para-hydroxylation sites is 1. The van der Waals surface area contributed by atoms with Gasteiger partial charge >= 0.3 is 6.18 Å². The van der Waals surface area contributed by atoms with Gasteiger partial charge in [0, 0.05) is 24.8 Å². The first-order chi connectivity index (χ1) is 9.41. The van der Waals surface area contributed by atoms with E-state index in [0.29, 0.717) is 19.5 Å². The van der Waals surface area contributed by atoms with Crippen molar-refractivity contribution in [3.63, 3.8) is 0 Å². The van der Waals surface area contributed by atoms with Gasteiger partial charge < -0.3 is 10.2 Å². The van der Waals surface area contributed by atoms with Crippen molar-refractivity contribution in [1.82, 2.24) is 5.32 Å². The van der Waals surface area contributed by atoms with Gasteiger partial charge in [-0.1, -0.05) is 18.7 Å². The number of carbonyl (C=O) groups excluding carboxylic acids is 1. The highest BCUT2D eigenvalue weighted by molar-refractivity contribution is 5.87. The summed E-state index contributed by atoms with van der Waals surface area (Å²) in [7, 11) is 0. The van der Waals surface area contributed by atoms with Gasteiger partial charge in [0.05, 0.1) is 5.56 Å². The molecule has 1 fully saturated rings. The Bertz CT molecular complexity index is 513. The maximum Gasteiger partial charge on any atom is 0.418 e. The number of nitrogens with zero attached hydrogens (tertiary/aromatic N) is 1. The average Bonchev–Trinajstić information content (AvgIpc) is 2.86. The highest BCUT2D eigenvalue weighted by Gasteiger charge is 2.36. The van der Waals surface area contributed by atoms with Gasteiger partial charge in [0.1, 0.15) is 0 Å². The molecule has 0 aliphatic carbocycles. The third-order valence-electron chi connectivity index (χ3n) is 3.27. The van der Waals surface area contributed by atoms with Crippen molar-refractivity contribution in [2.75, 3.05) is 18.0 Å². The highest BCUT2D eigenvalue weighted by Crippen LogP contribution is 2.37. The molecule has 1 amide bonds. The van der Waals surface area contributed by atoms with Crippen molar-refractivity contribution in [2.45, 2.75) is 18.6 Å². The molecule has 1 atom stereocenters. The SMILES string of the molecule is C=CC(=O)NC1CCN(c2ccccc2C(F)(F)F)C1. The fourth-order valence-corrected chi connectivity index (χ4v) is 2.35. The zero-order chi connectivity index (χ0) is 14.8. The zero-order valence-corrected chi connectivity index (χ0v) is 10.8. The van der Waals surface area contributed by atoms with Crippen molar-refractivity contribution >= 4 is 11.6 Å². The van der Waals surface area contributed by atoms with Gasteiger partial charge in [0.2, 0.25) is 5.91 Å². The van der Waals surface area contributed by atoms with Gasteiger partial charge in [-0.2, -0.15) is 13.2 Å². The predicted molar refractivity (Wildman–Crippen MR) is 70.4 cm³/mol. The lowest BCUT2D eigenvalue weighted by molar-refractivity contribution is -0.137. The molecule has 1 heterocycles. The third-order valence-corrected chi connectivity index (χ3v) is 3.27. The van der Waals surface area contributed by atoms with Crippen molar-refractivity contribution in [2.24, 2.45) is 0 Å². The predicted octanol–water partition coefficient (Wildman–Crippen LogP) is 2.59. The van der Waals surface area contributed by atoms with E-state index in [1.54, 1.807) is 11.0 Å². The number of alkyl halides is 3. The van der Waals surface area contributed by atoms with Gasteiger partial charge in [-0.3, -0.25) is 4.79 Å². The zero-order valence-electron chi connectivity index (χ0n) is 10.8. The molecule has 1 aromatic rings. The van der Waals surface area contributed by atoms with E-state index in [0.717, 1.165) is 12.1 Å². The number of anilines is 1. The quantitative estimate of drug-likeness (QED) is 0.865. The Hall–Kier alpha value is -1.98. The Morgan fingerprint density at radius 3 is 2.75 bits per heavy atom. The van der Waals surface area contributed by atoms with Crippen LogP contribution in [0.5, 0.6) is 0 Å². The van der Waals surface area contributed by atoms with E-state index in [4.69, 9.17) is 0 Å². The summed E-state index contributed by atoms with van der Waals surface area (Å²) >= 11 is 0. The van der Waals surface area contributed by atoms with Crippen molar-refractivity contribution in [3.05, 3.63) is 42.5 Å². The van der Waals surface area contributed by atoms with Crippen molar-refractivity contribution in [3.8, 4) is 0 Å². The molecule has 0 saturated carbocycles. The average molecular weight is 284 g/mol. The van der Waals surface area contributed by atoms with Crippen LogP contribution in [0, 0.1) is 0 Å². The third kappa shape index (κ3) is 3.12. The molecule has 3 nitrogen and oxygen atoms in total. The van der Waals surface area contributed by atoms with Gasteiger partial charge in [0.15, 0.2) is 0 Å². The van der Waals surface area contributed by atoms with E-state index >= 15 is 0 Å². The van der Waals surface area contributed by atoms with E-state index in [9.17, 15) is 18.0 Å². The second-order valence-electron chi connectivity index (χ2n) is 4.66. The van der Waals surface area contributed by atoms with Gasteiger partial charge in [0.25, 0.3) is 0 Å². The minimum Gasteiger partial charge on any atom is -0.369 e. The smallest absolute Gasteiger partial charge is 0.369 e. The minimum absolute atomic E-state index is 0.151. The van der Waals surface area contributed by atoms with E-state index < -0.39 is 11.7 Å². The molecule has 0 bridgehead atoms. The summed E-state index contributed by atoms with van der Waals surface area (Å²) in [6, 6.07) is 5.34. The molecule has 1 unspecified atom stereocenters. The first-order valence-corrected chi connectivity index (χ1v) is 6.26. The summed E-state index contributed by atoms with van der Waals surface area (Å²) in [5.74, 6) is -0.305. The lowest BCUT2D eigenvalue weighted by Gasteiger charge is -2.23. The fraction of sp³-hybridized carbons (Fsp3) is 0.357. The maximum absolute atomic E-state index is 13.0. The van der Waals surface area contributed by atoms with E-state index in [-0.39, 0.29) is 17.6 Å². The standard InChI is InChI=1S/C14H15F3N2O/c1-2-13(20)18-10-7-8-19(9-10)12-6-4-3-5-11(12)14(15,16)17/h2-6,10H,1,7-9H2,(H,18,20). The van der Waals surface area contributed by atoms with Crippen LogP contribution >= 0.6 is 0 Å². The molecule has 108 valence electrons. The molecule has 1 N–H and O–H groups in total. The first kappa shape index (κ1) is 14.4. The van der Waals surface area contributed by atoms with Crippen LogP contribution in [0.3, 0.4) is 0 Å². The van der Waals surface area contributed by atoms with Crippen LogP contribution in [0.25, 0.3) is 0 Å².